The number of sulfonamides is 2. The molecule has 3 N–H and O–H groups in total. The Morgan fingerprint density at radius 1 is 1.02 bits per heavy atom. The number of aryl methyl sites for hydroxylation is 1. The Balaban J connectivity index is 2.35. The molecular weight excluding hydrogens is 556 g/mol. The third-order valence-electron chi connectivity index (χ3n) is 6.67. The smallest absolute Gasteiger partial charge is 0.241 e. The molecule has 1 aliphatic heterocycles. The number of aromatic nitrogens is 2. The summed E-state index contributed by atoms with van der Waals surface area (Å²) in [7, 11) is -6.82. The van der Waals surface area contributed by atoms with Crippen LogP contribution in [0.1, 0.15) is 27.7 Å². The first-order valence-corrected chi connectivity index (χ1v) is 16.1. The second-order valence-electron chi connectivity index (χ2n) is 9.23. The fourth-order valence-electron chi connectivity index (χ4n) is 4.98. The maximum atomic E-state index is 14.1. The Bertz CT molecular complexity index is 1900. The molecule has 1 amide bonds. The van der Waals surface area contributed by atoms with Crippen molar-refractivity contribution in [2.75, 3.05) is 41.3 Å². The van der Waals surface area contributed by atoms with Gasteiger partial charge in [0.15, 0.2) is 0 Å². The maximum Gasteiger partial charge on any atom is 0.241 e. The van der Waals surface area contributed by atoms with E-state index in [1.165, 1.54) is 20.0 Å². The van der Waals surface area contributed by atoms with Gasteiger partial charge in [-0.3, -0.25) is 14.3 Å². The van der Waals surface area contributed by atoms with E-state index in [4.69, 9.17) is 4.98 Å². The summed E-state index contributed by atoms with van der Waals surface area (Å²) >= 11 is 0. The van der Waals surface area contributed by atoms with E-state index in [2.05, 4.69) is 19.7 Å². The Morgan fingerprint density at radius 2 is 1.70 bits per heavy atom. The second kappa shape index (κ2) is 10.7. The van der Waals surface area contributed by atoms with Crippen LogP contribution < -0.4 is 25.1 Å². The Kier molecular flexibility index (Phi) is 7.80. The molecule has 1 heterocycles. The van der Waals surface area contributed by atoms with E-state index in [0.29, 0.717) is 17.6 Å². The van der Waals surface area contributed by atoms with E-state index in [1.54, 1.807) is 0 Å². The predicted octanol–water partition coefficient (Wildman–Crippen LogP) is 2.76. The van der Waals surface area contributed by atoms with Crippen LogP contribution in [-0.4, -0.2) is 58.7 Å². The molecule has 0 spiro atoms. The van der Waals surface area contributed by atoms with Crippen LogP contribution in [-0.2, 0) is 31.4 Å². The van der Waals surface area contributed by atoms with Crippen LogP contribution in [0.15, 0.2) is 40.0 Å². The fraction of sp³-hybridized carbons (Fsp3) is 0.346. The molecule has 12 nitrogen and oxygen atoms in total. The van der Waals surface area contributed by atoms with Gasteiger partial charge in [0.2, 0.25) is 31.4 Å². The zero-order chi connectivity index (χ0) is 29.6. The minimum atomic E-state index is -4.18. The minimum absolute atomic E-state index is 0.00720. The number of carbonyl (C=O) groups is 1. The van der Waals surface area contributed by atoms with Crippen molar-refractivity contribution >= 4 is 64.8 Å². The predicted molar refractivity (Wildman–Crippen MR) is 158 cm³/mol. The van der Waals surface area contributed by atoms with Gasteiger partial charge in [-0.2, -0.15) is 0 Å². The summed E-state index contributed by atoms with van der Waals surface area (Å²) < 4.78 is 57.1. The van der Waals surface area contributed by atoms with Crippen molar-refractivity contribution in [2.45, 2.75) is 39.1 Å². The van der Waals surface area contributed by atoms with Gasteiger partial charge in [0.1, 0.15) is 5.69 Å². The molecule has 214 valence electrons. The maximum absolute atomic E-state index is 14.1. The van der Waals surface area contributed by atoms with Crippen LogP contribution in [0.25, 0.3) is 33.2 Å². The Hall–Kier alpha value is -3.75. The number of hydrogen-bond acceptors (Lipinski definition) is 8. The third kappa shape index (κ3) is 5.09. The van der Waals surface area contributed by atoms with Gasteiger partial charge in [0, 0.05) is 37.6 Å². The lowest BCUT2D eigenvalue weighted by Crippen LogP contribution is -2.26. The molecule has 4 rings (SSSR count). The quantitative estimate of drug-likeness (QED) is 0.199. The molecule has 2 aliphatic rings. The monoisotopic (exact) mass is 588 g/mol. The van der Waals surface area contributed by atoms with Gasteiger partial charge in [0.25, 0.3) is 0 Å². The third-order valence-corrected chi connectivity index (χ3v) is 8.72. The van der Waals surface area contributed by atoms with Crippen molar-refractivity contribution in [1.82, 2.24) is 14.3 Å². The van der Waals surface area contributed by atoms with Crippen LogP contribution in [0, 0.1) is 0 Å². The SMILES string of the molecule is CCN(CC)c1ccc2nc3c4c(NS(C)(=O)=O)ccc(S(=O)(=O)NC)c4c(=O)c(NC(C)=O)c-3n(CC)c2c1. The lowest BCUT2D eigenvalue weighted by Gasteiger charge is -2.26. The molecule has 0 unspecified atom stereocenters. The first-order chi connectivity index (χ1) is 18.8. The summed E-state index contributed by atoms with van der Waals surface area (Å²) in [5.74, 6) is -0.541. The normalized spacial score (nSPS) is 12.2. The molecule has 0 radical (unpaired) electrons. The highest BCUT2D eigenvalue weighted by Crippen LogP contribution is 2.41. The summed E-state index contributed by atoms with van der Waals surface area (Å²) in [5, 5.41) is 2.30. The topological polar surface area (TPSA) is 160 Å². The molecule has 14 heteroatoms. The number of benzene rings is 3. The molecule has 0 aromatic heterocycles. The van der Waals surface area contributed by atoms with E-state index in [1.807, 2.05) is 43.5 Å². The number of hydrogen-bond donors (Lipinski definition) is 3. The number of anilines is 3. The van der Waals surface area contributed by atoms with Crippen molar-refractivity contribution in [1.29, 1.82) is 0 Å². The summed E-state index contributed by atoms with van der Waals surface area (Å²) in [6, 6.07) is 8.12. The molecule has 1 aliphatic carbocycles. The first-order valence-electron chi connectivity index (χ1n) is 12.7. The highest BCUT2D eigenvalue weighted by atomic mass is 32.2. The van der Waals surface area contributed by atoms with Crippen LogP contribution in [0.2, 0.25) is 0 Å². The second-order valence-corrected chi connectivity index (χ2v) is 12.8. The van der Waals surface area contributed by atoms with E-state index in [0.717, 1.165) is 31.1 Å². The van der Waals surface area contributed by atoms with Crippen LogP contribution in [0.3, 0.4) is 0 Å². The van der Waals surface area contributed by atoms with Crippen LogP contribution >= 0.6 is 0 Å². The zero-order valence-corrected chi connectivity index (χ0v) is 24.7. The lowest BCUT2D eigenvalue weighted by atomic mass is 9.99. The first kappa shape index (κ1) is 29.2. The van der Waals surface area contributed by atoms with Gasteiger partial charge >= 0.3 is 0 Å². The van der Waals surface area contributed by atoms with Crippen molar-refractivity contribution in [3.05, 3.63) is 40.6 Å². The highest BCUT2D eigenvalue weighted by Gasteiger charge is 2.30. The molecule has 2 aromatic carbocycles. The molecular formula is C26H32N6O6S2. The Morgan fingerprint density at radius 3 is 2.25 bits per heavy atom. The number of fused-ring (bicyclic) bond motifs is 4. The average Bonchev–Trinajstić information content (AvgIpc) is 2.89. The van der Waals surface area contributed by atoms with E-state index < -0.39 is 31.4 Å². The van der Waals surface area contributed by atoms with Gasteiger partial charge in [-0.05, 0) is 58.2 Å². The fourth-order valence-corrected chi connectivity index (χ4v) is 6.48. The van der Waals surface area contributed by atoms with Gasteiger partial charge in [-0.1, -0.05) is 0 Å². The highest BCUT2D eigenvalue weighted by molar-refractivity contribution is 7.92. The number of carbonyl (C=O) groups excluding carboxylic acids is 1. The lowest BCUT2D eigenvalue weighted by molar-refractivity contribution is -0.114. The zero-order valence-electron chi connectivity index (χ0n) is 23.1. The standard InChI is InChI=1S/C26H32N6O6S2/c1-7-31(8-2)16-10-11-17-19(14-16)32(9-3)25-23(29-17)21-18(30-39(6,35)36)12-13-20(40(37,38)27-5)22(21)26(34)24(25)28-15(4)33/h10-14,27,30H,7-9H2,1-6H3,(H,28,33). The molecule has 0 atom stereocenters. The van der Waals surface area contributed by atoms with Crippen molar-refractivity contribution in [3.63, 3.8) is 0 Å². The largest absolute Gasteiger partial charge is 0.372 e. The van der Waals surface area contributed by atoms with E-state index in [9.17, 15) is 26.4 Å². The van der Waals surface area contributed by atoms with Crippen molar-refractivity contribution < 1.29 is 21.6 Å². The van der Waals surface area contributed by atoms with E-state index >= 15 is 0 Å². The molecule has 0 saturated heterocycles. The van der Waals surface area contributed by atoms with Crippen LogP contribution in [0.5, 0.6) is 0 Å². The van der Waals surface area contributed by atoms with E-state index in [-0.39, 0.29) is 38.4 Å². The average molecular weight is 589 g/mol. The molecule has 0 fully saturated rings. The van der Waals surface area contributed by atoms with Gasteiger partial charge < -0.3 is 14.8 Å². The molecule has 0 bridgehead atoms. The minimum Gasteiger partial charge on any atom is -0.372 e. The summed E-state index contributed by atoms with van der Waals surface area (Å²) in [4.78, 5) is 33.0. The number of nitrogens with one attached hydrogen (secondary N) is 3. The van der Waals surface area contributed by atoms with Gasteiger partial charge in [0.05, 0.1) is 44.6 Å². The Labute approximate surface area is 232 Å². The molecule has 0 saturated carbocycles. The molecule has 2 aromatic rings. The summed E-state index contributed by atoms with van der Waals surface area (Å²) in [5.41, 5.74) is 1.60. The van der Waals surface area contributed by atoms with Gasteiger partial charge in [-0.25, -0.2) is 26.5 Å². The van der Waals surface area contributed by atoms with Crippen LogP contribution in [0.4, 0.5) is 17.1 Å². The number of amides is 1. The molecule has 40 heavy (non-hydrogen) atoms. The van der Waals surface area contributed by atoms with Crippen molar-refractivity contribution in [3.8, 4) is 11.4 Å². The number of nitrogens with zero attached hydrogens (tertiary/aromatic N) is 3. The number of rotatable bonds is 9. The van der Waals surface area contributed by atoms with Gasteiger partial charge in [-0.15, -0.1) is 0 Å². The van der Waals surface area contributed by atoms with Crippen molar-refractivity contribution in [2.24, 2.45) is 0 Å². The summed E-state index contributed by atoms with van der Waals surface area (Å²) in [6.07, 6.45) is 0.951. The summed E-state index contributed by atoms with van der Waals surface area (Å²) in [6.45, 7) is 9.09.